The Morgan fingerprint density at radius 3 is 2.89 bits per heavy atom. The summed E-state index contributed by atoms with van der Waals surface area (Å²) < 4.78 is 15.4. The molecule has 1 aliphatic rings. The maximum Gasteiger partial charge on any atom is 0.328 e. The summed E-state index contributed by atoms with van der Waals surface area (Å²) in [6, 6.07) is 11.4. The van der Waals surface area contributed by atoms with Gasteiger partial charge in [-0.3, -0.25) is 19.1 Å². The number of fused-ring (bicyclic) bond motifs is 2. The zero-order chi connectivity index (χ0) is 19.7. The number of amides is 1. The Bertz CT molecular complexity index is 1170. The third kappa shape index (κ3) is 3.47. The van der Waals surface area contributed by atoms with E-state index in [4.69, 9.17) is 0 Å². The predicted octanol–water partition coefficient (Wildman–Crippen LogP) is 2.57. The summed E-state index contributed by atoms with van der Waals surface area (Å²) in [5.41, 5.74) is 0.291. The van der Waals surface area contributed by atoms with Crippen LogP contribution in [0, 0.1) is 5.82 Å². The molecule has 1 aromatic heterocycles. The minimum absolute atomic E-state index is 0.0736. The van der Waals surface area contributed by atoms with Gasteiger partial charge in [-0.1, -0.05) is 24.3 Å². The van der Waals surface area contributed by atoms with Crippen molar-refractivity contribution in [1.29, 1.82) is 0 Å². The molecule has 0 fully saturated rings. The van der Waals surface area contributed by atoms with Crippen LogP contribution in [0.2, 0.25) is 0 Å². The highest BCUT2D eigenvalue weighted by Crippen LogP contribution is 2.37. The van der Waals surface area contributed by atoms with Gasteiger partial charge in [0.2, 0.25) is 5.91 Å². The van der Waals surface area contributed by atoms with Gasteiger partial charge in [0.15, 0.2) is 0 Å². The fourth-order valence-corrected chi connectivity index (χ4v) is 4.62. The number of nitrogens with one attached hydrogen (secondary N) is 2. The molecule has 2 aromatic carbocycles. The van der Waals surface area contributed by atoms with Crippen molar-refractivity contribution in [3.05, 3.63) is 74.7 Å². The molecule has 0 radical (unpaired) electrons. The number of halogens is 1. The molecule has 1 atom stereocenters. The molecule has 8 heteroatoms. The van der Waals surface area contributed by atoms with E-state index in [2.05, 4.69) is 10.3 Å². The monoisotopic (exact) mass is 399 g/mol. The smallest absolute Gasteiger partial charge is 0.328 e. The van der Waals surface area contributed by atoms with E-state index in [-0.39, 0.29) is 30.7 Å². The molecule has 0 spiro atoms. The Hall–Kier alpha value is -2.87. The molecular formula is C20H18FN3O3S. The molecule has 0 saturated carbocycles. The number of hydrogen-bond donors (Lipinski definition) is 2. The number of rotatable bonds is 4. The zero-order valence-electron chi connectivity index (χ0n) is 14.9. The van der Waals surface area contributed by atoms with Crippen LogP contribution in [0.1, 0.15) is 24.4 Å². The average molecular weight is 399 g/mol. The van der Waals surface area contributed by atoms with Crippen LogP contribution < -0.4 is 16.6 Å². The lowest BCUT2D eigenvalue weighted by molar-refractivity contribution is -0.122. The summed E-state index contributed by atoms with van der Waals surface area (Å²) in [7, 11) is 0. The molecule has 0 aliphatic carbocycles. The van der Waals surface area contributed by atoms with Crippen molar-refractivity contribution in [3.63, 3.8) is 0 Å². The second kappa shape index (κ2) is 7.63. The maximum absolute atomic E-state index is 14.0. The van der Waals surface area contributed by atoms with Crippen LogP contribution in [0.5, 0.6) is 0 Å². The van der Waals surface area contributed by atoms with E-state index >= 15 is 0 Å². The minimum atomic E-state index is -0.544. The molecule has 0 unspecified atom stereocenters. The van der Waals surface area contributed by atoms with Gasteiger partial charge < -0.3 is 5.32 Å². The van der Waals surface area contributed by atoms with E-state index in [0.29, 0.717) is 22.2 Å². The van der Waals surface area contributed by atoms with Gasteiger partial charge in [-0.15, -0.1) is 11.8 Å². The summed E-state index contributed by atoms with van der Waals surface area (Å²) in [6.07, 6.45) is 0.790. The first kappa shape index (κ1) is 18.5. The number of nitrogens with zero attached hydrogens (tertiary/aromatic N) is 1. The van der Waals surface area contributed by atoms with Crippen molar-refractivity contribution in [2.45, 2.75) is 30.3 Å². The number of para-hydroxylation sites is 1. The number of aromatic nitrogens is 2. The van der Waals surface area contributed by atoms with Crippen molar-refractivity contribution >= 4 is 28.6 Å². The van der Waals surface area contributed by atoms with Gasteiger partial charge >= 0.3 is 5.69 Å². The average Bonchev–Trinajstić information content (AvgIpc) is 2.69. The highest BCUT2D eigenvalue weighted by Gasteiger charge is 2.24. The third-order valence-electron chi connectivity index (χ3n) is 4.83. The van der Waals surface area contributed by atoms with E-state index in [1.165, 1.54) is 22.4 Å². The fourth-order valence-electron chi connectivity index (χ4n) is 3.48. The Labute approximate surface area is 163 Å². The fraction of sp³-hybridized carbons (Fsp3) is 0.250. The van der Waals surface area contributed by atoms with Gasteiger partial charge in [0.05, 0.1) is 16.9 Å². The first-order valence-electron chi connectivity index (χ1n) is 8.97. The summed E-state index contributed by atoms with van der Waals surface area (Å²) in [4.78, 5) is 39.5. The van der Waals surface area contributed by atoms with E-state index < -0.39 is 11.2 Å². The Morgan fingerprint density at radius 1 is 1.21 bits per heavy atom. The molecule has 4 rings (SSSR count). The number of benzene rings is 2. The van der Waals surface area contributed by atoms with E-state index in [0.717, 1.165) is 11.3 Å². The largest absolute Gasteiger partial charge is 0.349 e. The molecule has 144 valence electrons. The normalized spacial score (nSPS) is 16.0. The van der Waals surface area contributed by atoms with Crippen molar-refractivity contribution in [2.24, 2.45) is 0 Å². The second-order valence-electron chi connectivity index (χ2n) is 6.59. The molecule has 0 saturated heterocycles. The van der Waals surface area contributed by atoms with Gasteiger partial charge in [-0.05, 0) is 30.2 Å². The number of H-pyrrole nitrogens is 1. The number of aryl methyl sites for hydroxylation is 1. The maximum atomic E-state index is 14.0. The van der Waals surface area contributed by atoms with Crippen LogP contribution in [0.25, 0.3) is 10.9 Å². The van der Waals surface area contributed by atoms with Crippen molar-refractivity contribution < 1.29 is 9.18 Å². The number of aromatic amines is 1. The van der Waals surface area contributed by atoms with Gasteiger partial charge in [0.1, 0.15) is 5.82 Å². The second-order valence-corrected chi connectivity index (χ2v) is 7.70. The highest BCUT2D eigenvalue weighted by atomic mass is 32.2. The van der Waals surface area contributed by atoms with Gasteiger partial charge in [0.25, 0.3) is 5.56 Å². The topological polar surface area (TPSA) is 84.0 Å². The van der Waals surface area contributed by atoms with Crippen LogP contribution in [0.4, 0.5) is 4.39 Å². The Balaban J connectivity index is 1.51. The molecule has 1 aliphatic heterocycles. The van der Waals surface area contributed by atoms with Crippen molar-refractivity contribution in [2.75, 3.05) is 5.75 Å². The Morgan fingerprint density at radius 2 is 2.04 bits per heavy atom. The minimum Gasteiger partial charge on any atom is -0.349 e. The van der Waals surface area contributed by atoms with Crippen LogP contribution in [-0.2, 0) is 11.3 Å². The van der Waals surface area contributed by atoms with E-state index in [1.54, 1.807) is 30.3 Å². The summed E-state index contributed by atoms with van der Waals surface area (Å²) >= 11 is 1.46. The van der Waals surface area contributed by atoms with Crippen LogP contribution in [-0.4, -0.2) is 21.2 Å². The molecule has 6 nitrogen and oxygen atoms in total. The van der Waals surface area contributed by atoms with Crippen LogP contribution in [0.3, 0.4) is 0 Å². The van der Waals surface area contributed by atoms with E-state index in [1.807, 2.05) is 6.07 Å². The lowest BCUT2D eigenvalue weighted by Gasteiger charge is -2.26. The summed E-state index contributed by atoms with van der Waals surface area (Å²) in [5, 5.41) is 3.34. The standard InChI is InChI=1S/C20H18FN3O3S/c21-14-6-3-5-12-15(9-11-28-18(12)14)22-17(25)8-10-24-16-7-2-1-4-13(16)19(26)23-20(24)27/h1-7,15H,8-11H2,(H,22,25)(H,23,26,27)/t15-/m0/s1. The van der Waals surface area contributed by atoms with Gasteiger partial charge in [-0.2, -0.15) is 0 Å². The zero-order valence-corrected chi connectivity index (χ0v) is 15.7. The van der Waals surface area contributed by atoms with Crippen molar-refractivity contribution in [3.8, 4) is 0 Å². The SMILES string of the molecule is O=C(CCn1c(=O)[nH]c(=O)c2ccccc21)N[C@H]1CCSc2c(F)cccc21. The van der Waals surface area contributed by atoms with Crippen LogP contribution in [0.15, 0.2) is 56.9 Å². The first-order chi connectivity index (χ1) is 13.5. The van der Waals surface area contributed by atoms with Crippen molar-refractivity contribution in [1.82, 2.24) is 14.9 Å². The lowest BCUT2D eigenvalue weighted by Crippen LogP contribution is -2.34. The first-order valence-corrected chi connectivity index (χ1v) is 9.95. The lowest BCUT2D eigenvalue weighted by atomic mass is 10.0. The molecular weight excluding hydrogens is 381 g/mol. The number of carbonyl (C=O) groups excluding carboxylic acids is 1. The summed E-state index contributed by atoms with van der Waals surface area (Å²) in [5.74, 6) is 0.227. The number of thioether (sulfide) groups is 1. The number of carbonyl (C=O) groups is 1. The molecule has 28 heavy (non-hydrogen) atoms. The quantitative estimate of drug-likeness (QED) is 0.706. The third-order valence-corrected chi connectivity index (χ3v) is 5.99. The predicted molar refractivity (Wildman–Crippen MR) is 106 cm³/mol. The molecule has 2 N–H and O–H groups in total. The number of hydrogen-bond acceptors (Lipinski definition) is 4. The summed E-state index contributed by atoms with van der Waals surface area (Å²) in [6.45, 7) is 0.138. The van der Waals surface area contributed by atoms with E-state index in [9.17, 15) is 18.8 Å². The van der Waals surface area contributed by atoms with Crippen LogP contribution >= 0.6 is 11.8 Å². The molecule has 1 amide bonds. The highest BCUT2D eigenvalue weighted by molar-refractivity contribution is 7.99. The van der Waals surface area contributed by atoms with Gasteiger partial charge in [-0.25, -0.2) is 9.18 Å². The van der Waals surface area contributed by atoms with Gasteiger partial charge in [0, 0.05) is 23.6 Å². The molecule has 3 aromatic rings. The molecule has 0 bridgehead atoms. The molecule has 2 heterocycles. The Kier molecular flexibility index (Phi) is 5.04.